The van der Waals surface area contributed by atoms with Crippen LogP contribution in [0.2, 0.25) is 0 Å². The van der Waals surface area contributed by atoms with Crippen molar-refractivity contribution in [1.82, 2.24) is 9.62 Å². The van der Waals surface area contributed by atoms with Crippen molar-refractivity contribution in [2.75, 3.05) is 32.9 Å². The molecular formula is C9H20N2O3S. The molecular weight excluding hydrogens is 216 g/mol. The number of aliphatic hydroxyl groups is 1. The van der Waals surface area contributed by atoms with E-state index in [0.29, 0.717) is 19.0 Å². The summed E-state index contributed by atoms with van der Waals surface area (Å²) in [7, 11) is 0.219. The van der Waals surface area contributed by atoms with Gasteiger partial charge in [-0.15, -0.1) is 0 Å². The van der Waals surface area contributed by atoms with E-state index in [1.165, 1.54) is 4.31 Å². The largest absolute Gasteiger partial charge is 0.393 e. The minimum atomic E-state index is -3.12. The quantitative estimate of drug-likeness (QED) is 0.636. The number of hydrogen-bond donors (Lipinski definition) is 2. The van der Waals surface area contributed by atoms with Crippen LogP contribution in [-0.2, 0) is 10.0 Å². The topological polar surface area (TPSA) is 69.6 Å². The minimum absolute atomic E-state index is 0.134. The van der Waals surface area contributed by atoms with Gasteiger partial charge in [0.05, 0.1) is 11.9 Å². The van der Waals surface area contributed by atoms with Gasteiger partial charge in [0, 0.05) is 20.1 Å². The van der Waals surface area contributed by atoms with Crippen LogP contribution < -0.4 is 5.32 Å². The summed E-state index contributed by atoms with van der Waals surface area (Å²) < 4.78 is 24.7. The molecule has 1 fully saturated rings. The summed E-state index contributed by atoms with van der Waals surface area (Å²) in [5.74, 6) is 0.462. The first-order valence-corrected chi connectivity index (χ1v) is 6.83. The molecule has 6 heteroatoms. The average Bonchev–Trinajstić information content (AvgIpc) is 2.12. The van der Waals surface area contributed by atoms with Crippen molar-refractivity contribution in [1.29, 1.82) is 0 Å². The highest BCUT2D eigenvalue weighted by Crippen LogP contribution is 2.28. The van der Waals surface area contributed by atoms with Crippen molar-refractivity contribution < 1.29 is 13.5 Å². The molecule has 0 amide bonds. The Labute approximate surface area is 91.5 Å². The fourth-order valence-corrected chi connectivity index (χ4v) is 2.93. The first kappa shape index (κ1) is 12.9. The highest BCUT2D eigenvalue weighted by molar-refractivity contribution is 7.89. The van der Waals surface area contributed by atoms with Crippen LogP contribution in [0.15, 0.2) is 0 Å². The Hall–Kier alpha value is -0.170. The normalized spacial score (nSPS) is 26.7. The van der Waals surface area contributed by atoms with E-state index in [1.54, 1.807) is 14.1 Å². The number of nitrogens with one attached hydrogen (secondary N) is 1. The van der Waals surface area contributed by atoms with Crippen LogP contribution in [0.3, 0.4) is 0 Å². The maximum atomic E-state index is 11.7. The third-order valence-corrected chi connectivity index (χ3v) is 4.63. The Morgan fingerprint density at radius 3 is 2.53 bits per heavy atom. The molecule has 15 heavy (non-hydrogen) atoms. The van der Waals surface area contributed by atoms with Gasteiger partial charge >= 0.3 is 0 Å². The molecule has 5 nitrogen and oxygen atoms in total. The van der Waals surface area contributed by atoms with E-state index in [1.807, 2.05) is 0 Å². The van der Waals surface area contributed by atoms with Gasteiger partial charge in [-0.05, 0) is 25.8 Å². The van der Waals surface area contributed by atoms with E-state index in [2.05, 4.69) is 5.32 Å². The van der Waals surface area contributed by atoms with Crippen LogP contribution in [0.1, 0.15) is 12.8 Å². The summed E-state index contributed by atoms with van der Waals surface area (Å²) >= 11 is 0. The second-order valence-electron chi connectivity index (χ2n) is 4.19. The number of rotatable bonds is 6. The summed E-state index contributed by atoms with van der Waals surface area (Å²) in [6.07, 6.45) is 1.24. The molecule has 0 aromatic heterocycles. The lowest BCUT2D eigenvalue weighted by molar-refractivity contribution is 0.0367. The van der Waals surface area contributed by atoms with Gasteiger partial charge in [0.1, 0.15) is 0 Å². The highest BCUT2D eigenvalue weighted by Gasteiger charge is 2.30. The van der Waals surface area contributed by atoms with Crippen molar-refractivity contribution in [3.05, 3.63) is 0 Å². The molecule has 1 saturated carbocycles. The molecule has 0 aromatic rings. The average molecular weight is 236 g/mol. The van der Waals surface area contributed by atoms with Crippen molar-refractivity contribution >= 4 is 10.0 Å². The zero-order valence-electron chi connectivity index (χ0n) is 9.31. The third-order valence-electron chi connectivity index (χ3n) is 2.81. The van der Waals surface area contributed by atoms with E-state index in [9.17, 15) is 8.42 Å². The summed E-state index contributed by atoms with van der Waals surface area (Å²) in [4.78, 5) is 0. The second-order valence-corrected chi connectivity index (χ2v) is 6.39. The fraction of sp³-hybridized carbons (Fsp3) is 1.00. The van der Waals surface area contributed by atoms with Crippen molar-refractivity contribution in [2.45, 2.75) is 18.9 Å². The standard InChI is InChI=1S/C9H20N2O3S/c1-10-3-4-15(13,14)11(2)7-8-5-9(12)6-8/h8-10,12H,3-7H2,1-2H3. The van der Waals surface area contributed by atoms with E-state index < -0.39 is 10.0 Å². The smallest absolute Gasteiger partial charge is 0.215 e. The van der Waals surface area contributed by atoms with Crippen molar-refractivity contribution in [2.24, 2.45) is 5.92 Å². The van der Waals surface area contributed by atoms with E-state index in [0.717, 1.165) is 12.8 Å². The van der Waals surface area contributed by atoms with Gasteiger partial charge in [-0.25, -0.2) is 12.7 Å². The Balaban J connectivity index is 2.35. The van der Waals surface area contributed by atoms with Crippen LogP contribution in [0.25, 0.3) is 0 Å². The van der Waals surface area contributed by atoms with E-state index in [4.69, 9.17) is 5.11 Å². The lowest BCUT2D eigenvalue weighted by Crippen LogP contribution is -2.41. The lowest BCUT2D eigenvalue weighted by Gasteiger charge is -2.34. The highest BCUT2D eigenvalue weighted by atomic mass is 32.2. The molecule has 0 saturated heterocycles. The summed E-state index contributed by atoms with van der Waals surface area (Å²) in [6, 6.07) is 0. The maximum absolute atomic E-state index is 11.7. The van der Waals surface area contributed by atoms with Crippen LogP contribution in [0, 0.1) is 5.92 Å². The maximum Gasteiger partial charge on any atom is 0.215 e. The first-order chi connectivity index (χ1) is 6.95. The van der Waals surface area contributed by atoms with Gasteiger partial charge < -0.3 is 10.4 Å². The van der Waals surface area contributed by atoms with Crippen molar-refractivity contribution in [3.63, 3.8) is 0 Å². The molecule has 2 N–H and O–H groups in total. The van der Waals surface area contributed by atoms with Crippen LogP contribution >= 0.6 is 0 Å². The predicted molar refractivity (Wildman–Crippen MR) is 59.1 cm³/mol. The van der Waals surface area contributed by atoms with Gasteiger partial charge in [-0.1, -0.05) is 0 Å². The summed E-state index contributed by atoms with van der Waals surface area (Å²) in [5.41, 5.74) is 0. The lowest BCUT2D eigenvalue weighted by atomic mass is 9.82. The van der Waals surface area contributed by atoms with Gasteiger partial charge in [0.15, 0.2) is 0 Å². The van der Waals surface area contributed by atoms with Gasteiger partial charge in [0.25, 0.3) is 0 Å². The Morgan fingerprint density at radius 1 is 1.47 bits per heavy atom. The molecule has 1 rings (SSSR count). The summed E-state index contributed by atoms with van der Waals surface area (Å²) in [6.45, 7) is 1.00. The molecule has 0 heterocycles. The van der Waals surface area contributed by atoms with Gasteiger partial charge in [-0.2, -0.15) is 0 Å². The Bertz CT molecular complexity index is 286. The van der Waals surface area contributed by atoms with Crippen LogP contribution in [0.4, 0.5) is 0 Å². The second kappa shape index (κ2) is 5.25. The molecule has 0 unspecified atom stereocenters. The number of aliphatic hydroxyl groups excluding tert-OH is 1. The van der Waals surface area contributed by atoms with Gasteiger partial charge in [-0.3, -0.25) is 0 Å². The Morgan fingerprint density at radius 2 is 2.07 bits per heavy atom. The molecule has 0 bridgehead atoms. The molecule has 0 spiro atoms. The molecule has 0 atom stereocenters. The van der Waals surface area contributed by atoms with Gasteiger partial charge in [0.2, 0.25) is 10.0 Å². The van der Waals surface area contributed by atoms with Crippen molar-refractivity contribution in [3.8, 4) is 0 Å². The van der Waals surface area contributed by atoms with E-state index >= 15 is 0 Å². The SMILES string of the molecule is CNCCS(=O)(=O)N(C)CC1CC(O)C1. The zero-order valence-corrected chi connectivity index (χ0v) is 10.1. The number of sulfonamides is 1. The minimum Gasteiger partial charge on any atom is -0.393 e. The van der Waals surface area contributed by atoms with Crippen LogP contribution in [0.5, 0.6) is 0 Å². The number of hydrogen-bond acceptors (Lipinski definition) is 4. The predicted octanol–water partition coefficient (Wildman–Crippen LogP) is -0.762. The van der Waals surface area contributed by atoms with Crippen LogP contribution in [-0.4, -0.2) is 56.9 Å². The zero-order chi connectivity index (χ0) is 11.5. The first-order valence-electron chi connectivity index (χ1n) is 5.22. The molecule has 0 radical (unpaired) electrons. The molecule has 0 aliphatic heterocycles. The fourth-order valence-electron chi connectivity index (χ4n) is 1.71. The Kier molecular flexibility index (Phi) is 4.51. The molecule has 90 valence electrons. The third kappa shape index (κ3) is 3.71. The number of nitrogens with zero attached hydrogens (tertiary/aromatic N) is 1. The molecule has 1 aliphatic rings. The molecule has 0 aromatic carbocycles. The monoisotopic (exact) mass is 236 g/mol. The molecule has 1 aliphatic carbocycles. The summed E-state index contributed by atoms with van der Waals surface area (Å²) in [5, 5.41) is 11.9. The van der Waals surface area contributed by atoms with E-state index in [-0.39, 0.29) is 11.9 Å².